The van der Waals surface area contributed by atoms with Crippen LogP contribution >= 0.6 is 0 Å². The van der Waals surface area contributed by atoms with E-state index in [9.17, 15) is 10.1 Å². The summed E-state index contributed by atoms with van der Waals surface area (Å²) >= 11 is 0. The predicted molar refractivity (Wildman–Crippen MR) is 64.6 cm³/mol. The van der Waals surface area contributed by atoms with Gasteiger partial charge in [-0.15, -0.1) is 0 Å². The van der Waals surface area contributed by atoms with Crippen LogP contribution in [0.15, 0.2) is 18.2 Å². The molecule has 0 saturated heterocycles. The number of benzene rings is 1. The lowest BCUT2D eigenvalue weighted by molar-refractivity contribution is -0.384. The molecule has 0 amide bonds. The lowest BCUT2D eigenvalue weighted by Crippen LogP contribution is -2.32. The Bertz CT molecular complexity index is 465. The number of non-ortho nitro benzene ring substituents is 1. The van der Waals surface area contributed by atoms with Gasteiger partial charge in [-0.2, -0.15) is 5.26 Å². The number of rotatable bonds is 4. The molecule has 1 unspecified atom stereocenters. The Morgan fingerprint density at radius 3 is 2.65 bits per heavy atom. The molecule has 90 valence electrons. The van der Waals surface area contributed by atoms with Gasteiger partial charge in [-0.25, -0.2) is 0 Å². The summed E-state index contributed by atoms with van der Waals surface area (Å²) in [5, 5.41) is 22.6. The molecule has 0 aliphatic heterocycles. The quantitative estimate of drug-likeness (QED) is 0.488. The minimum absolute atomic E-state index is 0.0311. The maximum Gasteiger partial charge on any atom is 0.270 e. The van der Waals surface area contributed by atoms with Gasteiger partial charge >= 0.3 is 0 Å². The molecule has 0 heterocycles. The highest BCUT2D eigenvalue weighted by atomic mass is 16.6. The first-order chi connectivity index (χ1) is 7.95. The fourth-order valence-electron chi connectivity index (χ4n) is 1.22. The Morgan fingerprint density at radius 1 is 1.53 bits per heavy atom. The molecule has 0 aromatic heterocycles. The molecular formula is C11H14N4O2. The van der Waals surface area contributed by atoms with Crippen molar-refractivity contribution in [2.24, 2.45) is 0 Å². The van der Waals surface area contributed by atoms with Crippen LogP contribution < -0.4 is 5.32 Å². The van der Waals surface area contributed by atoms with E-state index in [0.29, 0.717) is 5.69 Å². The topological polar surface area (TPSA) is 82.2 Å². The van der Waals surface area contributed by atoms with E-state index >= 15 is 0 Å². The zero-order valence-corrected chi connectivity index (χ0v) is 9.97. The van der Waals surface area contributed by atoms with Crippen LogP contribution in [0.5, 0.6) is 0 Å². The highest BCUT2D eigenvalue weighted by Gasteiger charge is 2.12. The lowest BCUT2D eigenvalue weighted by Gasteiger charge is -2.22. The van der Waals surface area contributed by atoms with Crippen molar-refractivity contribution in [2.75, 3.05) is 19.4 Å². The molecular weight excluding hydrogens is 220 g/mol. The van der Waals surface area contributed by atoms with Gasteiger partial charge in [0.05, 0.1) is 22.3 Å². The van der Waals surface area contributed by atoms with Crippen LogP contribution in [0, 0.1) is 21.4 Å². The van der Waals surface area contributed by atoms with Crippen LogP contribution in [0.25, 0.3) is 0 Å². The van der Waals surface area contributed by atoms with Crippen LogP contribution in [0.3, 0.4) is 0 Å². The number of nitriles is 1. The number of nitrogens with zero attached hydrogens (tertiary/aromatic N) is 3. The first-order valence-electron chi connectivity index (χ1n) is 5.07. The Hall–Kier alpha value is -2.13. The Labute approximate surface area is 99.6 Å². The van der Waals surface area contributed by atoms with Gasteiger partial charge in [-0.3, -0.25) is 15.0 Å². The molecule has 6 nitrogen and oxygen atoms in total. The number of anilines is 1. The van der Waals surface area contributed by atoms with Gasteiger partial charge in [0, 0.05) is 12.1 Å². The standard InChI is InChI=1S/C11H14N4O2/c1-8(14(2)3)13-11-5-4-10(15(16)17)6-9(11)7-12/h4-6,8,13H,1-3H3. The van der Waals surface area contributed by atoms with Crippen LogP contribution in [0.2, 0.25) is 0 Å². The zero-order chi connectivity index (χ0) is 13.0. The summed E-state index contributed by atoms with van der Waals surface area (Å²) in [5.74, 6) is 0. The molecule has 0 aliphatic rings. The molecule has 0 fully saturated rings. The number of nitrogens with one attached hydrogen (secondary N) is 1. The van der Waals surface area contributed by atoms with Crippen molar-refractivity contribution >= 4 is 11.4 Å². The third-order valence-corrected chi connectivity index (χ3v) is 2.47. The molecule has 0 radical (unpaired) electrons. The van der Waals surface area contributed by atoms with Gasteiger partial charge < -0.3 is 5.32 Å². The van der Waals surface area contributed by atoms with Gasteiger partial charge in [-0.1, -0.05) is 0 Å². The first-order valence-corrected chi connectivity index (χ1v) is 5.07. The smallest absolute Gasteiger partial charge is 0.270 e. The third-order valence-electron chi connectivity index (χ3n) is 2.47. The van der Waals surface area contributed by atoms with Gasteiger partial charge in [0.25, 0.3) is 5.69 Å². The minimum atomic E-state index is -0.514. The van der Waals surface area contributed by atoms with Crippen LogP contribution in [0.4, 0.5) is 11.4 Å². The number of nitro groups is 1. The van der Waals surface area contributed by atoms with Crippen molar-refractivity contribution < 1.29 is 4.92 Å². The van der Waals surface area contributed by atoms with Gasteiger partial charge in [0.15, 0.2) is 0 Å². The monoisotopic (exact) mass is 234 g/mol. The Kier molecular flexibility index (Phi) is 4.01. The SMILES string of the molecule is CC(Nc1ccc([N+](=O)[O-])cc1C#N)N(C)C. The second kappa shape index (κ2) is 5.27. The largest absolute Gasteiger partial charge is 0.369 e. The van der Waals surface area contributed by atoms with E-state index in [1.807, 2.05) is 32.0 Å². The summed E-state index contributed by atoms with van der Waals surface area (Å²) < 4.78 is 0. The van der Waals surface area contributed by atoms with Crippen molar-refractivity contribution in [3.63, 3.8) is 0 Å². The van der Waals surface area contributed by atoms with E-state index in [1.54, 1.807) is 6.07 Å². The summed E-state index contributed by atoms with van der Waals surface area (Å²) in [7, 11) is 3.80. The van der Waals surface area contributed by atoms with Gasteiger partial charge in [0.1, 0.15) is 6.07 Å². The zero-order valence-electron chi connectivity index (χ0n) is 9.97. The molecule has 6 heteroatoms. The van der Waals surface area contributed by atoms with Crippen molar-refractivity contribution in [2.45, 2.75) is 13.1 Å². The van der Waals surface area contributed by atoms with Crippen molar-refractivity contribution in [1.82, 2.24) is 4.90 Å². The summed E-state index contributed by atoms with van der Waals surface area (Å²) in [5.41, 5.74) is 0.789. The maximum absolute atomic E-state index is 10.6. The van der Waals surface area contributed by atoms with Crippen molar-refractivity contribution in [3.8, 4) is 6.07 Å². The molecule has 1 atom stereocenters. The lowest BCUT2D eigenvalue weighted by atomic mass is 10.1. The molecule has 1 aromatic carbocycles. The average Bonchev–Trinajstić information content (AvgIpc) is 2.28. The molecule has 0 aliphatic carbocycles. The fraction of sp³-hybridized carbons (Fsp3) is 0.364. The molecule has 1 aromatic rings. The summed E-state index contributed by atoms with van der Waals surface area (Å²) in [6.45, 7) is 1.93. The summed E-state index contributed by atoms with van der Waals surface area (Å²) in [4.78, 5) is 12.0. The van der Waals surface area contributed by atoms with E-state index < -0.39 is 4.92 Å². The minimum Gasteiger partial charge on any atom is -0.369 e. The van der Waals surface area contributed by atoms with Crippen LogP contribution in [-0.4, -0.2) is 30.1 Å². The molecule has 0 spiro atoms. The highest BCUT2D eigenvalue weighted by molar-refractivity contribution is 5.61. The van der Waals surface area contributed by atoms with E-state index in [4.69, 9.17) is 5.26 Å². The average molecular weight is 234 g/mol. The molecule has 1 rings (SSSR count). The number of hydrogen-bond acceptors (Lipinski definition) is 5. The molecule has 0 saturated carbocycles. The highest BCUT2D eigenvalue weighted by Crippen LogP contribution is 2.22. The van der Waals surface area contributed by atoms with E-state index in [2.05, 4.69) is 5.32 Å². The molecule has 0 bridgehead atoms. The van der Waals surface area contributed by atoms with Crippen molar-refractivity contribution in [3.05, 3.63) is 33.9 Å². The predicted octanol–water partition coefficient (Wildman–Crippen LogP) is 1.79. The Balaban J connectivity index is 3.02. The fourth-order valence-corrected chi connectivity index (χ4v) is 1.22. The second-order valence-corrected chi connectivity index (χ2v) is 3.88. The van der Waals surface area contributed by atoms with E-state index in [1.165, 1.54) is 12.1 Å². The molecule has 17 heavy (non-hydrogen) atoms. The van der Waals surface area contributed by atoms with E-state index in [0.717, 1.165) is 0 Å². The number of hydrogen-bond donors (Lipinski definition) is 1. The maximum atomic E-state index is 10.6. The summed E-state index contributed by atoms with van der Waals surface area (Å²) in [6, 6.07) is 6.15. The number of nitro benzene ring substituents is 1. The van der Waals surface area contributed by atoms with Crippen LogP contribution in [0.1, 0.15) is 12.5 Å². The molecule has 1 N–H and O–H groups in total. The van der Waals surface area contributed by atoms with Gasteiger partial charge in [-0.05, 0) is 27.1 Å². The van der Waals surface area contributed by atoms with E-state index in [-0.39, 0.29) is 17.4 Å². The second-order valence-electron chi connectivity index (χ2n) is 3.88. The van der Waals surface area contributed by atoms with Crippen LogP contribution in [-0.2, 0) is 0 Å². The van der Waals surface area contributed by atoms with Gasteiger partial charge in [0.2, 0.25) is 0 Å². The van der Waals surface area contributed by atoms with Crippen molar-refractivity contribution in [1.29, 1.82) is 5.26 Å². The normalized spacial score (nSPS) is 11.9. The Morgan fingerprint density at radius 2 is 2.18 bits per heavy atom. The third kappa shape index (κ3) is 3.16. The first kappa shape index (κ1) is 12.9. The summed E-state index contributed by atoms with van der Waals surface area (Å²) in [6.07, 6.45) is 0.0311.